The standard InChI is InChI=1S/C13H14N2O2/c16-13-8-10(14-17)7-12-11-4-2-1-3-9(11)5-6-15(12)13/h1-4,12,17H,5-8H2/b14-10-/t12-/m0/s1. The fourth-order valence-corrected chi connectivity index (χ4v) is 2.82. The third-order valence-electron chi connectivity index (χ3n) is 3.66. The third kappa shape index (κ3) is 1.60. The van der Waals surface area contributed by atoms with Crippen LogP contribution in [0.5, 0.6) is 0 Å². The van der Waals surface area contributed by atoms with Crippen molar-refractivity contribution >= 4 is 11.6 Å². The van der Waals surface area contributed by atoms with Gasteiger partial charge in [0.25, 0.3) is 0 Å². The quantitative estimate of drug-likeness (QED) is 0.545. The molecule has 4 nitrogen and oxygen atoms in total. The van der Waals surface area contributed by atoms with E-state index in [1.165, 1.54) is 11.1 Å². The number of amides is 1. The van der Waals surface area contributed by atoms with Gasteiger partial charge >= 0.3 is 0 Å². The number of benzene rings is 1. The lowest BCUT2D eigenvalue weighted by Crippen LogP contribution is -2.45. The summed E-state index contributed by atoms with van der Waals surface area (Å²) in [4.78, 5) is 13.9. The van der Waals surface area contributed by atoms with Crippen molar-refractivity contribution in [2.75, 3.05) is 6.54 Å². The van der Waals surface area contributed by atoms with E-state index < -0.39 is 0 Å². The van der Waals surface area contributed by atoms with Crippen LogP contribution in [0, 0.1) is 0 Å². The average Bonchev–Trinajstić information content (AvgIpc) is 2.38. The Morgan fingerprint density at radius 3 is 3.00 bits per heavy atom. The molecule has 2 aliphatic heterocycles. The van der Waals surface area contributed by atoms with E-state index in [-0.39, 0.29) is 18.4 Å². The first-order valence-corrected chi connectivity index (χ1v) is 5.86. The predicted molar refractivity (Wildman–Crippen MR) is 63.1 cm³/mol. The van der Waals surface area contributed by atoms with Crippen molar-refractivity contribution in [1.82, 2.24) is 4.90 Å². The highest BCUT2D eigenvalue weighted by Gasteiger charge is 2.36. The molecule has 3 rings (SSSR count). The second-order valence-corrected chi connectivity index (χ2v) is 4.60. The predicted octanol–water partition coefficient (Wildman–Crippen LogP) is 1.74. The molecule has 1 aromatic carbocycles. The molecule has 0 bridgehead atoms. The van der Waals surface area contributed by atoms with Crippen LogP contribution in [0.3, 0.4) is 0 Å². The molecule has 1 amide bonds. The van der Waals surface area contributed by atoms with Crippen LogP contribution in [-0.2, 0) is 11.2 Å². The molecule has 0 aliphatic carbocycles. The van der Waals surface area contributed by atoms with Gasteiger partial charge < -0.3 is 10.1 Å². The highest BCUT2D eigenvalue weighted by molar-refractivity contribution is 6.03. The van der Waals surface area contributed by atoms with E-state index >= 15 is 0 Å². The minimum atomic E-state index is 0.0621. The lowest BCUT2D eigenvalue weighted by molar-refractivity contribution is -0.133. The van der Waals surface area contributed by atoms with Crippen molar-refractivity contribution in [2.24, 2.45) is 5.16 Å². The van der Waals surface area contributed by atoms with Crippen molar-refractivity contribution in [3.05, 3.63) is 35.4 Å². The summed E-state index contributed by atoms with van der Waals surface area (Å²) in [6, 6.07) is 8.27. The fourth-order valence-electron chi connectivity index (χ4n) is 2.82. The summed E-state index contributed by atoms with van der Waals surface area (Å²) >= 11 is 0. The number of carbonyl (C=O) groups is 1. The van der Waals surface area contributed by atoms with Gasteiger partial charge in [0.2, 0.25) is 5.91 Å². The summed E-state index contributed by atoms with van der Waals surface area (Å²) in [5, 5.41) is 12.1. The van der Waals surface area contributed by atoms with Gasteiger partial charge in [-0.3, -0.25) is 4.79 Å². The smallest absolute Gasteiger partial charge is 0.228 e. The summed E-state index contributed by atoms with van der Waals surface area (Å²) in [7, 11) is 0. The van der Waals surface area contributed by atoms with Gasteiger partial charge in [0, 0.05) is 13.0 Å². The zero-order valence-electron chi connectivity index (χ0n) is 9.47. The van der Waals surface area contributed by atoms with Crippen molar-refractivity contribution < 1.29 is 10.0 Å². The first-order valence-electron chi connectivity index (χ1n) is 5.86. The summed E-state index contributed by atoms with van der Waals surface area (Å²) < 4.78 is 0. The molecule has 1 N–H and O–H groups in total. The molecule has 88 valence electrons. The van der Waals surface area contributed by atoms with Crippen LogP contribution in [-0.4, -0.2) is 28.3 Å². The number of nitrogens with zero attached hydrogens (tertiary/aromatic N) is 2. The molecule has 17 heavy (non-hydrogen) atoms. The van der Waals surface area contributed by atoms with Gasteiger partial charge in [-0.25, -0.2) is 0 Å². The average molecular weight is 230 g/mol. The zero-order valence-corrected chi connectivity index (χ0v) is 9.47. The van der Waals surface area contributed by atoms with Crippen LogP contribution >= 0.6 is 0 Å². The zero-order chi connectivity index (χ0) is 11.8. The SMILES string of the molecule is O=C1C/C(=N\O)C[C@H]2c3ccccc3CCN12. The van der Waals surface area contributed by atoms with E-state index in [0.29, 0.717) is 12.1 Å². The topological polar surface area (TPSA) is 52.9 Å². The van der Waals surface area contributed by atoms with Crippen molar-refractivity contribution in [1.29, 1.82) is 0 Å². The van der Waals surface area contributed by atoms with Crippen LogP contribution in [0.15, 0.2) is 29.4 Å². The molecular weight excluding hydrogens is 216 g/mol. The number of oxime groups is 1. The van der Waals surface area contributed by atoms with E-state index in [1.54, 1.807) is 0 Å². The maximum Gasteiger partial charge on any atom is 0.228 e. The molecule has 1 atom stereocenters. The van der Waals surface area contributed by atoms with E-state index in [2.05, 4.69) is 17.3 Å². The Labute approximate surface area is 99.5 Å². The number of fused-ring (bicyclic) bond motifs is 3. The minimum absolute atomic E-state index is 0.0621. The van der Waals surface area contributed by atoms with Crippen LogP contribution in [0.25, 0.3) is 0 Å². The Bertz CT molecular complexity index is 496. The molecule has 2 heterocycles. The molecule has 2 aliphatic rings. The number of carbonyl (C=O) groups excluding carboxylic acids is 1. The monoisotopic (exact) mass is 230 g/mol. The van der Waals surface area contributed by atoms with Crippen LogP contribution in [0.2, 0.25) is 0 Å². The van der Waals surface area contributed by atoms with Crippen molar-refractivity contribution in [3.8, 4) is 0 Å². The Morgan fingerprint density at radius 1 is 1.35 bits per heavy atom. The minimum Gasteiger partial charge on any atom is -0.411 e. The summed E-state index contributed by atoms with van der Waals surface area (Å²) in [6.45, 7) is 0.777. The molecule has 0 saturated carbocycles. The normalized spacial score (nSPS) is 25.6. The van der Waals surface area contributed by atoms with Gasteiger partial charge in [-0.2, -0.15) is 0 Å². The Hall–Kier alpha value is -1.84. The lowest BCUT2D eigenvalue weighted by atomic mass is 9.86. The highest BCUT2D eigenvalue weighted by atomic mass is 16.4. The molecule has 1 fully saturated rings. The third-order valence-corrected chi connectivity index (χ3v) is 3.66. The summed E-state index contributed by atoms with van der Waals surface area (Å²) in [5.41, 5.74) is 3.10. The Balaban J connectivity index is 2.02. The maximum atomic E-state index is 11.9. The van der Waals surface area contributed by atoms with E-state index in [1.807, 2.05) is 17.0 Å². The molecule has 0 radical (unpaired) electrons. The second kappa shape index (κ2) is 3.87. The maximum absolute atomic E-state index is 11.9. The lowest BCUT2D eigenvalue weighted by Gasteiger charge is -2.40. The fraction of sp³-hybridized carbons (Fsp3) is 0.385. The number of piperidine rings is 1. The molecule has 1 aromatic rings. The Kier molecular flexibility index (Phi) is 2.35. The number of rotatable bonds is 0. The second-order valence-electron chi connectivity index (χ2n) is 4.60. The molecule has 0 aromatic heterocycles. The Morgan fingerprint density at radius 2 is 2.18 bits per heavy atom. The number of hydrogen-bond acceptors (Lipinski definition) is 3. The van der Waals surface area contributed by atoms with E-state index in [9.17, 15) is 4.79 Å². The van der Waals surface area contributed by atoms with Crippen LogP contribution in [0.4, 0.5) is 0 Å². The van der Waals surface area contributed by atoms with Crippen molar-refractivity contribution in [3.63, 3.8) is 0 Å². The van der Waals surface area contributed by atoms with Gasteiger partial charge in [-0.1, -0.05) is 29.4 Å². The highest BCUT2D eigenvalue weighted by Crippen LogP contribution is 2.35. The molecular formula is C13H14N2O2. The molecule has 0 unspecified atom stereocenters. The van der Waals surface area contributed by atoms with Gasteiger partial charge in [-0.15, -0.1) is 0 Å². The van der Waals surface area contributed by atoms with Crippen LogP contribution in [0.1, 0.15) is 30.0 Å². The van der Waals surface area contributed by atoms with Crippen LogP contribution < -0.4 is 0 Å². The van der Waals surface area contributed by atoms with Gasteiger partial charge in [-0.05, 0) is 17.5 Å². The first-order chi connectivity index (χ1) is 8.29. The molecule has 4 heteroatoms. The molecule has 0 spiro atoms. The summed E-state index contributed by atoms with van der Waals surface area (Å²) in [6.07, 6.45) is 1.83. The van der Waals surface area contributed by atoms with Gasteiger partial charge in [0.1, 0.15) is 0 Å². The number of hydrogen-bond donors (Lipinski definition) is 1. The van der Waals surface area contributed by atoms with E-state index in [4.69, 9.17) is 5.21 Å². The van der Waals surface area contributed by atoms with Gasteiger partial charge in [0.05, 0.1) is 18.2 Å². The van der Waals surface area contributed by atoms with E-state index in [0.717, 1.165) is 13.0 Å². The van der Waals surface area contributed by atoms with Gasteiger partial charge in [0.15, 0.2) is 0 Å². The molecule has 1 saturated heterocycles. The largest absolute Gasteiger partial charge is 0.411 e. The van der Waals surface area contributed by atoms with Crippen molar-refractivity contribution in [2.45, 2.75) is 25.3 Å². The summed E-state index contributed by atoms with van der Waals surface area (Å²) in [5.74, 6) is 0.0727. The first kappa shape index (κ1) is 10.3.